The van der Waals surface area contributed by atoms with Gasteiger partial charge in [-0.05, 0) is 31.1 Å². The highest BCUT2D eigenvalue weighted by Gasteiger charge is 2.43. The van der Waals surface area contributed by atoms with Crippen molar-refractivity contribution in [3.05, 3.63) is 0 Å². The molecule has 4 nitrogen and oxygen atoms in total. The van der Waals surface area contributed by atoms with Crippen molar-refractivity contribution < 1.29 is 9.59 Å². The summed E-state index contributed by atoms with van der Waals surface area (Å²) in [6, 6.07) is 2.09. The largest absolute Gasteiger partial charge is 0.283 e. The van der Waals surface area contributed by atoms with Crippen LogP contribution in [0.2, 0.25) is 0 Å². The molecule has 2 aliphatic rings. The third-order valence-electron chi connectivity index (χ3n) is 4.49. The molecule has 0 aromatic rings. The van der Waals surface area contributed by atoms with Crippen LogP contribution in [0.5, 0.6) is 0 Å². The van der Waals surface area contributed by atoms with E-state index >= 15 is 0 Å². The van der Waals surface area contributed by atoms with Gasteiger partial charge in [0.25, 0.3) is 0 Å². The fourth-order valence-electron chi connectivity index (χ4n) is 3.41. The smallest absolute Gasteiger partial charge is 0.229 e. The second-order valence-electron chi connectivity index (χ2n) is 5.97. The maximum absolute atomic E-state index is 12.2. The topological polar surface area (TPSA) is 61.2 Å². The van der Waals surface area contributed by atoms with Crippen LogP contribution < -0.4 is 0 Å². The van der Waals surface area contributed by atoms with E-state index in [1.54, 1.807) is 0 Å². The van der Waals surface area contributed by atoms with Gasteiger partial charge in [0.15, 0.2) is 0 Å². The lowest BCUT2D eigenvalue weighted by atomic mass is 9.67. The Kier molecular flexibility index (Phi) is 4.57. The van der Waals surface area contributed by atoms with E-state index in [-0.39, 0.29) is 17.2 Å². The van der Waals surface area contributed by atoms with Gasteiger partial charge in [-0.15, -0.1) is 0 Å². The lowest BCUT2D eigenvalue weighted by Crippen LogP contribution is -2.48. The number of piperidine rings is 1. The first-order valence-corrected chi connectivity index (χ1v) is 7.37. The van der Waals surface area contributed by atoms with Crippen LogP contribution in [0.25, 0.3) is 0 Å². The molecule has 1 spiro atoms. The van der Waals surface area contributed by atoms with Crippen molar-refractivity contribution in [1.29, 1.82) is 5.26 Å². The Morgan fingerprint density at radius 1 is 1.05 bits per heavy atom. The maximum atomic E-state index is 12.2. The lowest BCUT2D eigenvalue weighted by Gasteiger charge is -2.42. The molecule has 1 aliphatic heterocycles. The average Bonchev–Trinajstić information content (AvgIpc) is 2.38. The molecule has 1 saturated heterocycles. The zero-order valence-electron chi connectivity index (χ0n) is 11.5. The Bertz CT molecular complexity index is 371. The molecule has 1 saturated carbocycles. The molecule has 0 atom stereocenters. The normalized spacial score (nSPS) is 22.6. The molecule has 1 heterocycles. The molecule has 0 radical (unpaired) electrons. The van der Waals surface area contributed by atoms with Crippen LogP contribution in [0.1, 0.15) is 64.2 Å². The van der Waals surface area contributed by atoms with Crippen molar-refractivity contribution in [3.8, 4) is 6.07 Å². The Morgan fingerprint density at radius 2 is 1.68 bits per heavy atom. The second kappa shape index (κ2) is 6.18. The summed E-state index contributed by atoms with van der Waals surface area (Å²) >= 11 is 0. The molecular weight excluding hydrogens is 240 g/mol. The summed E-state index contributed by atoms with van der Waals surface area (Å²) < 4.78 is 0. The molecule has 0 N–H and O–H groups in total. The van der Waals surface area contributed by atoms with E-state index in [9.17, 15) is 9.59 Å². The van der Waals surface area contributed by atoms with Crippen LogP contribution in [-0.2, 0) is 9.59 Å². The molecule has 0 aromatic carbocycles. The summed E-state index contributed by atoms with van der Waals surface area (Å²) in [5.74, 6) is 0.0187. The summed E-state index contributed by atoms with van der Waals surface area (Å²) in [6.45, 7) is 0.495. The monoisotopic (exact) mass is 262 g/mol. The molecule has 4 heteroatoms. The van der Waals surface area contributed by atoms with E-state index in [2.05, 4.69) is 6.07 Å². The molecule has 2 fully saturated rings. The minimum absolute atomic E-state index is 0.00936. The maximum Gasteiger partial charge on any atom is 0.229 e. The van der Waals surface area contributed by atoms with Crippen LogP contribution in [0.4, 0.5) is 0 Å². The number of imide groups is 1. The number of carbonyl (C=O) groups is 2. The number of hydrogen-bond donors (Lipinski definition) is 0. The lowest BCUT2D eigenvalue weighted by molar-refractivity contribution is -0.154. The predicted octanol–water partition coefficient (Wildman–Crippen LogP) is 2.78. The van der Waals surface area contributed by atoms with Gasteiger partial charge in [0.1, 0.15) is 0 Å². The summed E-state index contributed by atoms with van der Waals surface area (Å²) in [6.07, 6.45) is 8.73. The number of rotatable bonds is 4. The molecular formula is C15H22N2O2. The van der Waals surface area contributed by atoms with Gasteiger partial charge < -0.3 is 0 Å². The molecule has 104 valence electrons. The molecule has 0 unspecified atom stereocenters. The molecule has 0 bridgehead atoms. The first kappa shape index (κ1) is 14.0. The van der Waals surface area contributed by atoms with Crippen LogP contribution in [0.15, 0.2) is 0 Å². The van der Waals surface area contributed by atoms with Crippen LogP contribution >= 0.6 is 0 Å². The van der Waals surface area contributed by atoms with Crippen LogP contribution in [0, 0.1) is 16.7 Å². The SMILES string of the molecule is N#CCCCCN1C(=O)CC2(CCCCC2)CC1=O. The number of nitriles is 1. The Balaban J connectivity index is 1.90. The van der Waals surface area contributed by atoms with Crippen molar-refractivity contribution in [2.45, 2.75) is 64.2 Å². The third kappa shape index (κ3) is 3.34. The Hall–Kier alpha value is -1.37. The molecule has 2 amide bonds. The summed E-state index contributed by atoms with van der Waals surface area (Å²) in [5.41, 5.74) is -0.0183. The van der Waals surface area contributed by atoms with Gasteiger partial charge in [0, 0.05) is 25.8 Å². The molecule has 0 aromatic heterocycles. The van der Waals surface area contributed by atoms with E-state index in [0.717, 1.165) is 38.5 Å². The zero-order valence-corrected chi connectivity index (χ0v) is 11.5. The van der Waals surface area contributed by atoms with Gasteiger partial charge in [-0.25, -0.2) is 0 Å². The highest BCUT2D eigenvalue weighted by Crippen LogP contribution is 2.45. The zero-order chi connectivity index (χ0) is 13.7. The summed E-state index contributed by atoms with van der Waals surface area (Å²) in [5, 5.41) is 8.48. The van der Waals surface area contributed by atoms with E-state index in [1.807, 2.05) is 0 Å². The van der Waals surface area contributed by atoms with Crippen LogP contribution in [0.3, 0.4) is 0 Å². The predicted molar refractivity (Wildman–Crippen MR) is 70.9 cm³/mol. The van der Waals surface area contributed by atoms with Crippen molar-refractivity contribution in [2.24, 2.45) is 5.41 Å². The first-order chi connectivity index (χ1) is 9.17. The van der Waals surface area contributed by atoms with Gasteiger partial charge in [0.05, 0.1) is 6.07 Å². The minimum Gasteiger partial charge on any atom is -0.283 e. The number of carbonyl (C=O) groups excluding carboxylic acids is 2. The van der Waals surface area contributed by atoms with Crippen LogP contribution in [-0.4, -0.2) is 23.3 Å². The van der Waals surface area contributed by atoms with Gasteiger partial charge in [-0.2, -0.15) is 5.26 Å². The molecule has 2 rings (SSSR count). The van der Waals surface area contributed by atoms with Gasteiger partial charge in [-0.3, -0.25) is 14.5 Å². The summed E-state index contributed by atoms with van der Waals surface area (Å²) in [7, 11) is 0. The average molecular weight is 262 g/mol. The number of likely N-dealkylation sites (tertiary alicyclic amines) is 1. The van der Waals surface area contributed by atoms with Crippen molar-refractivity contribution in [3.63, 3.8) is 0 Å². The van der Waals surface area contributed by atoms with Gasteiger partial charge >= 0.3 is 0 Å². The van der Waals surface area contributed by atoms with Gasteiger partial charge in [0.2, 0.25) is 11.8 Å². The van der Waals surface area contributed by atoms with Crippen molar-refractivity contribution >= 4 is 11.8 Å². The Morgan fingerprint density at radius 3 is 2.26 bits per heavy atom. The Labute approximate surface area is 114 Å². The fraction of sp³-hybridized carbons (Fsp3) is 0.800. The first-order valence-electron chi connectivity index (χ1n) is 7.37. The van der Waals surface area contributed by atoms with E-state index in [1.165, 1.54) is 11.3 Å². The minimum atomic E-state index is -0.0183. The van der Waals surface area contributed by atoms with Gasteiger partial charge in [-0.1, -0.05) is 19.3 Å². The highest BCUT2D eigenvalue weighted by molar-refractivity contribution is 5.98. The second-order valence-corrected chi connectivity index (χ2v) is 5.97. The number of hydrogen-bond acceptors (Lipinski definition) is 3. The van der Waals surface area contributed by atoms with Crippen molar-refractivity contribution in [2.75, 3.05) is 6.54 Å². The third-order valence-corrected chi connectivity index (χ3v) is 4.49. The number of nitrogens with zero attached hydrogens (tertiary/aromatic N) is 2. The highest BCUT2D eigenvalue weighted by atomic mass is 16.2. The van der Waals surface area contributed by atoms with E-state index in [4.69, 9.17) is 5.26 Å². The van der Waals surface area contributed by atoms with Crippen molar-refractivity contribution in [1.82, 2.24) is 4.90 Å². The number of unbranched alkanes of at least 4 members (excludes halogenated alkanes) is 2. The summed E-state index contributed by atoms with van der Waals surface area (Å²) in [4.78, 5) is 25.8. The fourth-order valence-corrected chi connectivity index (χ4v) is 3.41. The molecule has 1 aliphatic carbocycles. The van der Waals surface area contributed by atoms with E-state index in [0.29, 0.717) is 25.8 Å². The number of amides is 2. The quantitative estimate of drug-likeness (QED) is 0.578. The standard InChI is InChI=1S/C15H22N2O2/c16-9-5-2-6-10-17-13(18)11-15(12-14(17)19)7-3-1-4-8-15/h1-8,10-12H2. The van der Waals surface area contributed by atoms with E-state index < -0.39 is 0 Å². The molecule has 19 heavy (non-hydrogen) atoms.